The summed E-state index contributed by atoms with van der Waals surface area (Å²) in [7, 11) is 0. The Labute approximate surface area is 166 Å². The fourth-order valence-corrected chi connectivity index (χ4v) is 3.92. The molecule has 1 saturated carbocycles. The van der Waals surface area contributed by atoms with Gasteiger partial charge < -0.3 is 14.9 Å². The van der Waals surface area contributed by atoms with Gasteiger partial charge in [0, 0.05) is 38.3 Å². The van der Waals surface area contributed by atoms with E-state index in [9.17, 15) is 0 Å². The number of fused-ring (bicyclic) bond motifs is 1. The highest BCUT2D eigenvalue weighted by molar-refractivity contribution is 5.33. The standard InChI is InChI=1S/C18H29N3O.2CH2O2/c1-2-10-22-15-17-12-20(11-16-6-4-3-5-7-16)14-18-8-9-19-21(18)13-17;2*2-1-3/h2,8-9,16-17H,1,3-7,10-15H2;2*1H,(H,2,3). The lowest BCUT2D eigenvalue weighted by molar-refractivity contribution is -0.123. The molecule has 2 heterocycles. The Bertz CT molecular complexity index is 552. The molecule has 3 rings (SSSR count). The van der Waals surface area contributed by atoms with Gasteiger partial charge in [0.15, 0.2) is 0 Å². The molecule has 1 unspecified atom stereocenters. The first kappa shape index (κ1) is 23.8. The molecule has 0 amide bonds. The molecule has 0 saturated heterocycles. The number of nitrogens with zero attached hydrogens (tertiary/aromatic N) is 3. The first-order chi connectivity index (χ1) is 13.7. The highest BCUT2D eigenvalue weighted by Crippen LogP contribution is 2.26. The Kier molecular flexibility index (Phi) is 12.6. The average Bonchev–Trinajstić information content (AvgIpc) is 3.03. The summed E-state index contributed by atoms with van der Waals surface area (Å²) in [6.45, 7) is 9.04. The molecule has 0 bridgehead atoms. The van der Waals surface area contributed by atoms with E-state index in [0.29, 0.717) is 12.5 Å². The predicted molar refractivity (Wildman–Crippen MR) is 106 cm³/mol. The average molecular weight is 396 g/mol. The van der Waals surface area contributed by atoms with Gasteiger partial charge in [-0.3, -0.25) is 19.2 Å². The number of ether oxygens (including phenoxy) is 1. The quantitative estimate of drug-likeness (QED) is 0.433. The Balaban J connectivity index is 0.000000582. The molecule has 0 radical (unpaired) electrons. The third-order valence-corrected chi connectivity index (χ3v) is 4.97. The molecule has 1 fully saturated rings. The second kappa shape index (κ2) is 14.8. The maximum atomic E-state index is 8.36. The second-order valence-electron chi connectivity index (χ2n) is 7.11. The molecule has 1 atom stereocenters. The molecule has 0 spiro atoms. The molecule has 1 aliphatic carbocycles. The summed E-state index contributed by atoms with van der Waals surface area (Å²) in [6, 6.07) is 2.17. The molecule has 2 aliphatic rings. The summed E-state index contributed by atoms with van der Waals surface area (Å²) >= 11 is 0. The van der Waals surface area contributed by atoms with Gasteiger partial charge in [-0.05, 0) is 24.8 Å². The zero-order valence-corrected chi connectivity index (χ0v) is 16.5. The minimum atomic E-state index is -0.250. The normalized spacial score (nSPS) is 19.6. The van der Waals surface area contributed by atoms with E-state index in [1.165, 1.54) is 44.3 Å². The van der Waals surface area contributed by atoms with Crippen LogP contribution >= 0.6 is 0 Å². The molecule has 1 aliphatic heterocycles. The fourth-order valence-electron chi connectivity index (χ4n) is 3.92. The highest BCUT2D eigenvalue weighted by Gasteiger charge is 2.25. The molecule has 8 nitrogen and oxygen atoms in total. The van der Waals surface area contributed by atoms with Crippen LogP contribution in [0.5, 0.6) is 0 Å². The van der Waals surface area contributed by atoms with Crippen molar-refractivity contribution in [2.45, 2.75) is 45.2 Å². The van der Waals surface area contributed by atoms with Crippen LogP contribution in [0, 0.1) is 11.8 Å². The summed E-state index contributed by atoms with van der Waals surface area (Å²) in [4.78, 5) is 19.4. The van der Waals surface area contributed by atoms with Crippen LogP contribution < -0.4 is 0 Å². The summed E-state index contributed by atoms with van der Waals surface area (Å²) in [5.74, 6) is 1.41. The van der Waals surface area contributed by atoms with Crippen LogP contribution in [0.3, 0.4) is 0 Å². The van der Waals surface area contributed by atoms with Gasteiger partial charge in [-0.1, -0.05) is 25.3 Å². The number of aromatic nitrogens is 2. The van der Waals surface area contributed by atoms with E-state index in [2.05, 4.69) is 27.3 Å². The summed E-state index contributed by atoms with van der Waals surface area (Å²) in [6.07, 6.45) is 10.9. The van der Waals surface area contributed by atoms with Crippen molar-refractivity contribution in [3.63, 3.8) is 0 Å². The van der Waals surface area contributed by atoms with Crippen LogP contribution in [0.2, 0.25) is 0 Å². The van der Waals surface area contributed by atoms with Gasteiger partial charge in [-0.15, -0.1) is 6.58 Å². The first-order valence-corrected chi connectivity index (χ1v) is 9.75. The first-order valence-electron chi connectivity index (χ1n) is 9.75. The third kappa shape index (κ3) is 9.14. The van der Waals surface area contributed by atoms with E-state index in [1.807, 2.05) is 12.3 Å². The van der Waals surface area contributed by atoms with Crippen molar-refractivity contribution in [1.82, 2.24) is 14.7 Å². The van der Waals surface area contributed by atoms with Gasteiger partial charge in [0.25, 0.3) is 12.9 Å². The summed E-state index contributed by atoms with van der Waals surface area (Å²) in [5.41, 5.74) is 1.35. The van der Waals surface area contributed by atoms with E-state index < -0.39 is 0 Å². The van der Waals surface area contributed by atoms with Crippen LogP contribution in [0.15, 0.2) is 24.9 Å². The Hall–Kier alpha value is -2.19. The van der Waals surface area contributed by atoms with E-state index in [4.69, 9.17) is 24.5 Å². The van der Waals surface area contributed by atoms with Crippen molar-refractivity contribution in [2.75, 3.05) is 26.3 Å². The maximum Gasteiger partial charge on any atom is 0.290 e. The van der Waals surface area contributed by atoms with Gasteiger partial charge in [-0.25, -0.2) is 0 Å². The van der Waals surface area contributed by atoms with Crippen LogP contribution in [-0.4, -0.2) is 64.1 Å². The molecule has 1 aromatic heterocycles. The van der Waals surface area contributed by atoms with Crippen molar-refractivity contribution in [1.29, 1.82) is 0 Å². The van der Waals surface area contributed by atoms with E-state index in [-0.39, 0.29) is 12.9 Å². The Morgan fingerprint density at radius 1 is 1.14 bits per heavy atom. The number of hydrogen-bond acceptors (Lipinski definition) is 5. The Morgan fingerprint density at radius 3 is 2.46 bits per heavy atom. The third-order valence-electron chi connectivity index (χ3n) is 4.97. The number of rotatable bonds is 6. The topological polar surface area (TPSA) is 105 Å². The van der Waals surface area contributed by atoms with Crippen molar-refractivity contribution >= 4 is 12.9 Å². The highest BCUT2D eigenvalue weighted by atomic mass is 16.5. The van der Waals surface area contributed by atoms with Gasteiger partial charge >= 0.3 is 0 Å². The van der Waals surface area contributed by atoms with Crippen LogP contribution in [0.4, 0.5) is 0 Å². The van der Waals surface area contributed by atoms with Crippen molar-refractivity contribution < 1.29 is 24.5 Å². The number of carboxylic acid groups (broad SMARTS) is 2. The molecule has 1 aromatic rings. The fraction of sp³-hybridized carbons (Fsp3) is 0.650. The van der Waals surface area contributed by atoms with Crippen LogP contribution in [-0.2, 0) is 27.4 Å². The summed E-state index contributed by atoms with van der Waals surface area (Å²) < 4.78 is 7.89. The van der Waals surface area contributed by atoms with Crippen LogP contribution in [0.1, 0.15) is 37.8 Å². The second-order valence-corrected chi connectivity index (χ2v) is 7.11. The van der Waals surface area contributed by atoms with E-state index in [1.54, 1.807) is 0 Å². The Morgan fingerprint density at radius 2 is 1.82 bits per heavy atom. The molecule has 28 heavy (non-hydrogen) atoms. The molecular formula is C20H33N3O5. The SMILES string of the molecule is C=CCOCC1CN(CC2CCCCC2)Cc2ccnn2C1.O=CO.O=CO. The molecule has 2 N–H and O–H groups in total. The van der Waals surface area contributed by atoms with Gasteiger partial charge in [0.05, 0.1) is 18.9 Å². The zero-order chi connectivity index (χ0) is 20.6. The lowest BCUT2D eigenvalue weighted by Gasteiger charge is -2.30. The maximum absolute atomic E-state index is 8.36. The molecule has 0 aromatic carbocycles. The number of carbonyl (C=O) groups is 2. The smallest absolute Gasteiger partial charge is 0.290 e. The monoisotopic (exact) mass is 395 g/mol. The largest absolute Gasteiger partial charge is 0.483 e. The lowest BCUT2D eigenvalue weighted by atomic mass is 9.89. The predicted octanol–water partition coefficient (Wildman–Crippen LogP) is 2.50. The van der Waals surface area contributed by atoms with Crippen LogP contribution in [0.25, 0.3) is 0 Å². The molecule has 8 heteroatoms. The van der Waals surface area contributed by atoms with Crippen molar-refractivity contribution in [3.05, 3.63) is 30.6 Å². The number of hydrogen-bond donors (Lipinski definition) is 2. The molecular weight excluding hydrogens is 362 g/mol. The van der Waals surface area contributed by atoms with Crippen molar-refractivity contribution in [3.8, 4) is 0 Å². The van der Waals surface area contributed by atoms with E-state index >= 15 is 0 Å². The minimum Gasteiger partial charge on any atom is -0.483 e. The minimum absolute atomic E-state index is 0.250. The van der Waals surface area contributed by atoms with Gasteiger partial charge in [0.1, 0.15) is 0 Å². The summed E-state index contributed by atoms with van der Waals surface area (Å²) in [5, 5.41) is 18.3. The van der Waals surface area contributed by atoms with Gasteiger partial charge in [-0.2, -0.15) is 5.10 Å². The van der Waals surface area contributed by atoms with E-state index in [0.717, 1.165) is 32.2 Å². The van der Waals surface area contributed by atoms with Gasteiger partial charge in [0.2, 0.25) is 0 Å². The zero-order valence-electron chi connectivity index (χ0n) is 16.5. The molecule has 158 valence electrons. The van der Waals surface area contributed by atoms with Crippen molar-refractivity contribution in [2.24, 2.45) is 11.8 Å². The lowest BCUT2D eigenvalue weighted by Crippen LogP contribution is -2.34.